The van der Waals surface area contributed by atoms with Gasteiger partial charge >= 0.3 is 0 Å². The SMILES string of the molecule is CCc1cc(Nc2nc(C[S+]([O-])CCN3CCN(C4CCN(c5cc(OC)c(Nc6ncc(Br)c(Nc7ccc8nccnc8c7P(C)(C)=O)n6)cc5CC)CC4)CC3)c(Br)c(Nc3ccc4nccnc4c3P(C)(C)=O)n2)c(OC)cc1N1CCC(N2CCN(CCCS(C)(=O)=O)CC2)CC1. The molecule has 31 heteroatoms. The number of nitrogens with zero attached hydrogens (tertiary/aromatic N) is 14. The lowest BCUT2D eigenvalue weighted by atomic mass is 9.99. The van der Waals surface area contributed by atoms with Crippen molar-refractivity contribution in [2.75, 3.05) is 181 Å². The van der Waals surface area contributed by atoms with Crippen molar-refractivity contribution in [2.45, 2.75) is 76.6 Å². The van der Waals surface area contributed by atoms with Crippen molar-refractivity contribution in [2.24, 2.45) is 0 Å². The molecule has 4 saturated heterocycles. The third kappa shape index (κ3) is 18.1. The van der Waals surface area contributed by atoms with Crippen LogP contribution in [0.3, 0.4) is 0 Å². The molecule has 0 amide bonds. The summed E-state index contributed by atoms with van der Waals surface area (Å²) in [6.45, 7) is 23.9. The van der Waals surface area contributed by atoms with E-state index in [1.54, 1.807) is 71.9 Å². The monoisotopic (exact) mass is 1590 g/mol. The second-order valence-corrected chi connectivity index (χ2v) is 39.3. The van der Waals surface area contributed by atoms with E-state index in [-0.39, 0.29) is 17.5 Å². The molecule has 102 heavy (non-hydrogen) atoms. The number of aromatic nitrogens is 8. The Morgan fingerprint density at radius 3 is 1.51 bits per heavy atom. The molecule has 0 saturated carbocycles. The summed E-state index contributed by atoms with van der Waals surface area (Å²) < 4.78 is 79.0. The summed E-state index contributed by atoms with van der Waals surface area (Å²) in [6, 6.07) is 16.9. The van der Waals surface area contributed by atoms with Gasteiger partial charge in [-0.25, -0.2) is 18.4 Å². The zero-order chi connectivity index (χ0) is 72.0. The second kappa shape index (κ2) is 33.0. The summed E-state index contributed by atoms with van der Waals surface area (Å²) in [6.07, 6.45) is 15.9. The van der Waals surface area contributed by atoms with Crippen LogP contribution in [-0.4, -0.2) is 235 Å². The Morgan fingerprint density at radius 2 is 1.04 bits per heavy atom. The highest BCUT2D eigenvalue weighted by atomic mass is 79.9. The van der Waals surface area contributed by atoms with E-state index in [4.69, 9.17) is 24.4 Å². The van der Waals surface area contributed by atoms with Crippen LogP contribution in [0.1, 0.15) is 62.8 Å². The van der Waals surface area contributed by atoms with E-state index < -0.39 is 35.3 Å². The molecule has 0 radical (unpaired) electrons. The van der Waals surface area contributed by atoms with Gasteiger partial charge < -0.3 is 59.1 Å². The van der Waals surface area contributed by atoms with Crippen molar-refractivity contribution in [1.29, 1.82) is 0 Å². The molecular formula is C71H94Br2N18O7P2S2. The van der Waals surface area contributed by atoms with E-state index in [9.17, 15) is 22.1 Å². The lowest BCUT2D eigenvalue weighted by molar-refractivity contribution is 0.0851. The van der Waals surface area contributed by atoms with E-state index in [2.05, 4.69) is 146 Å². The molecule has 0 bridgehead atoms. The molecule has 4 aliphatic heterocycles. The van der Waals surface area contributed by atoms with Gasteiger partial charge in [-0.3, -0.25) is 34.6 Å². The van der Waals surface area contributed by atoms with Gasteiger partial charge in [0.25, 0.3) is 0 Å². The summed E-state index contributed by atoms with van der Waals surface area (Å²) in [5.41, 5.74) is 10.3. The Balaban J connectivity index is 0.676. The fourth-order valence-corrected chi connectivity index (χ4v) is 20.1. The largest absolute Gasteiger partial charge is 0.616 e. The van der Waals surface area contributed by atoms with Crippen molar-refractivity contribution in [3.63, 3.8) is 0 Å². The zero-order valence-electron chi connectivity index (χ0n) is 59.7. The van der Waals surface area contributed by atoms with Gasteiger partial charge in [0.2, 0.25) is 11.9 Å². The highest BCUT2D eigenvalue weighted by molar-refractivity contribution is 9.11. The molecule has 1 atom stereocenters. The molecule has 4 aromatic heterocycles. The average Bonchev–Trinajstić information content (AvgIpc) is 0.782. The molecule has 4 fully saturated rings. The molecule has 8 heterocycles. The minimum absolute atomic E-state index is 0.160. The maximum absolute atomic E-state index is 14.4. The molecule has 4 N–H and O–H groups in total. The van der Waals surface area contributed by atoms with Crippen LogP contribution in [0, 0.1) is 0 Å². The molecular weight excluding hydrogens is 1500 g/mol. The second-order valence-electron chi connectivity index (χ2n) is 27.6. The Morgan fingerprint density at radius 1 is 0.578 bits per heavy atom. The number of sulfone groups is 1. The predicted molar refractivity (Wildman–Crippen MR) is 422 cm³/mol. The van der Waals surface area contributed by atoms with Crippen molar-refractivity contribution in [1.82, 2.24) is 59.5 Å². The van der Waals surface area contributed by atoms with Crippen LogP contribution in [0.5, 0.6) is 11.5 Å². The first-order valence-corrected chi connectivity index (χ1v) is 45.4. The van der Waals surface area contributed by atoms with Gasteiger partial charge in [-0.15, -0.1) is 0 Å². The van der Waals surface area contributed by atoms with Gasteiger partial charge in [0, 0.05) is 158 Å². The summed E-state index contributed by atoms with van der Waals surface area (Å²) >= 11 is 6.17. The van der Waals surface area contributed by atoms with Crippen molar-refractivity contribution in [3.05, 3.63) is 105 Å². The quantitative estimate of drug-likeness (QED) is 0.0275. The molecule has 4 aliphatic rings. The van der Waals surface area contributed by atoms with Gasteiger partial charge in [0.1, 0.15) is 69.7 Å². The van der Waals surface area contributed by atoms with Gasteiger partial charge in [-0.05, 0) is 169 Å². The number of hydrogen-bond donors (Lipinski definition) is 4. The highest BCUT2D eigenvalue weighted by Crippen LogP contribution is 2.45. The number of piperazine rings is 2. The lowest BCUT2D eigenvalue weighted by Crippen LogP contribution is -2.53. The van der Waals surface area contributed by atoms with Crippen LogP contribution >= 0.6 is 46.1 Å². The highest BCUT2D eigenvalue weighted by Gasteiger charge is 2.33. The summed E-state index contributed by atoms with van der Waals surface area (Å²) in [4.78, 5) is 52.8. The third-order valence-electron chi connectivity index (χ3n) is 19.9. The molecule has 0 spiro atoms. The zero-order valence-corrected chi connectivity index (χ0v) is 66.3. The van der Waals surface area contributed by atoms with E-state index in [0.717, 1.165) is 146 Å². The standard InChI is InChI=1S/C71H94Br2N18O7P2S2/c1-10-47-41-56(81-70-78-45-51(72)68(84-70)79-54-15-13-52-64(76-23-21-74-52)66(54)99(5,6)92)61(97-3)43-59(47)90-28-19-50(20-29-90)89-36-32-87(33-37-89)38-39-101(94)46-58-63(73)69(80-55-16-14-53-65(77-24-22-75-53)67(55)100(7,8)93)85-71(83-58)82-57-42-48(11-2)60(44-62(57)98-4)91-26-17-49(18-27-91)88-34-30-86(31-35-88)25-12-40-102(9,95)96/h13-16,21-24,41-45,49-50H,10-12,17-20,25-40,46H2,1-9H3,(H2,78,79,81,84)(H2,80,82,83,85). The number of fused-ring (bicyclic) bond motifs is 2. The van der Waals surface area contributed by atoms with Crippen LogP contribution in [0.15, 0.2) is 88.5 Å². The number of rotatable bonds is 27. The van der Waals surface area contributed by atoms with Gasteiger partial charge in [-0.2, -0.15) is 9.97 Å². The number of halogens is 2. The Kier molecular flexibility index (Phi) is 24.4. The van der Waals surface area contributed by atoms with Crippen LogP contribution < -0.4 is 51.1 Å². The average molecular weight is 1600 g/mol. The molecule has 546 valence electrons. The molecule has 25 nitrogen and oxygen atoms in total. The Hall–Kier alpha value is -6.36. The summed E-state index contributed by atoms with van der Waals surface area (Å²) in [7, 11) is -5.36. The summed E-state index contributed by atoms with van der Waals surface area (Å²) in [5, 5.41) is 15.0. The van der Waals surface area contributed by atoms with E-state index in [1.165, 1.54) is 11.8 Å². The first kappa shape index (κ1) is 75.3. The normalized spacial score (nSPS) is 17.1. The van der Waals surface area contributed by atoms with Gasteiger partial charge in [-0.1, -0.05) is 13.8 Å². The topological polar surface area (TPSA) is 280 Å². The smallest absolute Gasteiger partial charge is 0.229 e. The Labute approximate surface area is 619 Å². The number of aryl methyl sites for hydroxylation is 2. The number of piperidine rings is 2. The van der Waals surface area contributed by atoms with E-state index in [0.29, 0.717) is 124 Å². The fourth-order valence-electron chi connectivity index (χ4n) is 14.6. The minimum atomic E-state index is -2.96. The van der Waals surface area contributed by atoms with Crippen molar-refractivity contribution < 1.29 is 31.6 Å². The molecule has 8 aromatic rings. The Bertz CT molecular complexity index is 4530. The van der Waals surface area contributed by atoms with Gasteiger partial charge in [0.05, 0.1) is 73.3 Å². The first-order chi connectivity index (χ1) is 48.9. The lowest BCUT2D eigenvalue weighted by Gasteiger charge is -2.43. The van der Waals surface area contributed by atoms with Crippen LogP contribution in [0.25, 0.3) is 22.1 Å². The molecule has 1 unspecified atom stereocenters. The first-order valence-electron chi connectivity index (χ1n) is 35.1. The number of nitrogens with one attached hydrogen (secondary N) is 4. The van der Waals surface area contributed by atoms with Crippen LogP contribution in [-0.2, 0) is 48.7 Å². The molecule has 4 aromatic carbocycles. The molecule has 12 rings (SSSR count). The summed E-state index contributed by atoms with van der Waals surface area (Å²) in [5.74, 6) is 3.71. The predicted octanol–water partition coefficient (Wildman–Crippen LogP) is 10.8. The van der Waals surface area contributed by atoms with E-state index in [1.807, 2.05) is 24.3 Å². The van der Waals surface area contributed by atoms with Crippen molar-refractivity contribution in [3.8, 4) is 11.5 Å². The maximum Gasteiger partial charge on any atom is 0.229 e. The maximum atomic E-state index is 14.4. The number of anilines is 10. The number of methoxy groups -OCH3 is 2. The fraction of sp³-hybridized carbons (Fsp3) is 0.493. The molecule has 0 aliphatic carbocycles. The number of ether oxygens (including phenoxy) is 2. The minimum Gasteiger partial charge on any atom is -0.616 e. The van der Waals surface area contributed by atoms with Crippen LogP contribution in [0.4, 0.5) is 57.7 Å². The third-order valence-corrected chi connectivity index (χ3v) is 26.6. The van der Waals surface area contributed by atoms with Crippen molar-refractivity contribution >= 4 is 157 Å². The van der Waals surface area contributed by atoms with Crippen LogP contribution in [0.2, 0.25) is 0 Å². The number of hydrogen-bond acceptors (Lipinski definition) is 25. The van der Waals surface area contributed by atoms with E-state index >= 15 is 0 Å². The number of benzene rings is 4. The van der Waals surface area contributed by atoms with Gasteiger partial charge in [0.15, 0.2) is 5.82 Å².